The molecule has 4 rings (SSSR count). The van der Waals surface area contributed by atoms with Crippen molar-refractivity contribution < 1.29 is 27.3 Å². The molecule has 0 unspecified atom stereocenters. The van der Waals surface area contributed by atoms with Gasteiger partial charge in [-0.15, -0.1) is 5.10 Å². The first-order valence-electron chi connectivity index (χ1n) is 10.1. The molecule has 0 atom stereocenters. The number of alkyl halides is 3. The van der Waals surface area contributed by atoms with Crippen LogP contribution in [0.25, 0.3) is 17.1 Å². The summed E-state index contributed by atoms with van der Waals surface area (Å²) in [6, 6.07) is 11.2. The van der Waals surface area contributed by atoms with Gasteiger partial charge in [-0.1, -0.05) is 17.3 Å². The molecule has 0 fully saturated rings. The molecule has 0 radical (unpaired) electrons. The SMILES string of the molecule is CCOc1ccc(-c2c(C(=O)N/N=C/c3cccc(C(F)(F)F)c3)nnn2-c2nonc2N)cc1. The minimum Gasteiger partial charge on any atom is -0.494 e. The van der Waals surface area contributed by atoms with Gasteiger partial charge in [0, 0.05) is 5.56 Å². The first-order valence-corrected chi connectivity index (χ1v) is 10.1. The second-order valence-electron chi connectivity index (χ2n) is 6.95. The fraction of sp³-hybridized carbons (Fsp3) is 0.143. The predicted octanol–water partition coefficient (Wildman–Crippen LogP) is 3.08. The van der Waals surface area contributed by atoms with E-state index in [9.17, 15) is 18.0 Å². The molecular weight excluding hydrogens is 469 g/mol. The van der Waals surface area contributed by atoms with Crippen LogP contribution >= 0.6 is 0 Å². The van der Waals surface area contributed by atoms with Crippen molar-refractivity contribution in [3.05, 3.63) is 65.4 Å². The Morgan fingerprint density at radius 2 is 2.00 bits per heavy atom. The molecule has 4 aromatic rings. The minimum atomic E-state index is -4.50. The van der Waals surface area contributed by atoms with E-state index >= 15 is 0 Å². The average Bonchev–Trinajstić information content (AvgIpc) is 3.45. The fourth-order valence-electron chi connectivity index (χ4n) is 3.07. The molecule has 0 aliphatic carbocycles. The summed E-state index contributed by atoms with van der Waals surface area (Å²) in [5.41, 5.74) is 7.86. The third-order valence-corrected chi connectivity index (χ3v) is 4.61. The number of halogens is 3. The molecule has 2 aromatic carbocycles. The lowest BCUT2D eigenvalue weighted by Crippen LogP contribution is -2.19. The van der Waals surface area contributed by atoms with E-state index in [0.29, 0.717) is 17.9 Å². The summed E-state index contributed by atoms with van der Waals surface area (Å²) in [5, 5.41) is 18.8. The van der Waals surface area contributed by atoms with E-state index in [1.165, 1.54) is 16.8 Å². The molecule has 1 amide bonds. The van der Waals surface area contributed by atoms with E-state index in [0.717, 1.165) is 18.3 Å². The van der Waals surface area contributed by atoms with Gasteiger partial charge in [-0.2, -0.15) is 23.0 Å². The summed E-state index contributed by atoms with van der Waals surface area (Å²) in [6.45, 7) is 2.31. The van der Waals surface area contributed by atoms with Crippen LogP contribution in [-0.4, -0.2) is 44.0 Å². The number of nitrogens with zero attached hydrogens (tertiary/aromatic N) is 6. The number of nitrogens with one attached hydrogen (secondary N) is 1. The number of nitrogens with two attached hydrogens (primary N) is 1. The van der Waals surface area contributed by atoms with Gasteiger partial charge in [0.2, 0.25) is 11.6 Å². The minimum absolute atomic E-state index is 0.00732. The number of anilines is 1. The topological polar surface area (TPSA) is 146 Å². The molecule has 0 bridgehead atoms. The molecule has 0 spiro atoms. The lowest BCUT2D eigenvalue weighted by molar-refractivity contribution is -0.137. The molecule has 0 saturated carbocycles. The lowest BCUT2D eigenvalue weighted by Gasteiger charge is -2.08. The zero-order valence-corrected chi connectivity index (χ0v) is 18.0. The van der Waals surface area contributed by atoms with Crippen LogP contribution in [0.4, 0.5) is 19.0 Å². The third-order valence-electron chi connectivity index (χ3n) is 4.61. The highest BCUT2D eigenvalue weighted by Crippen LogP contribution is 2.30. The summed E-state index contributed by atoms with van der Waals surface area (Å²) >= 11 is 0. The van der Waals surface area contributed by atoms with Gasteiger partial charge in [0.05, 0.1) is 18.4 Å². The number of ether oxygens (including phenoxy) is 1. The highest BCUT2D eigenvalue weighted by atomic mass is 19.4. The van der Waals surface area contributed by atoms with Gasteiger partial charge in [-0.05, 0) is 59.2 Å². The summed E-state index contributed by atoms with van der Waals surface area (Å²) in [4.78, 5) is 12.9. The first-order chi connectivity index (χ1) is 16.8. The van der Waals surface area contributed by atoms with E-state index < -0.39 is 17.6 Å². The average molecular weight is 486 g/mol. The molecule has 2 heterocycles. The maximum Gasteiger partial charge on any atom is 0.416 e. The largest absolute Gasteiger partial charge is 0.494 e. The third kappa shape index (κ3) is 5.10. The predicted molar refractivity (Wildman–Crippen MR) is 117 cm³/mol. The highest BCUT2D eigenvalue weighted by Gasteiger charge is 2.30. The number of carbonyl (C=O) groups is 1. The van der Waals surface area contributed by atoms with Gasteiger partial charge >= 0.3 is 6.18 Å². The molecular formula is C21H17F3N8O3. The molecule has 11 nitrogen and oxygen atoms in total. The summed E-state index contributed by atoms with van der Waals surface area (Å²) in [7, 11) is 0. The number of benzene rings is 2. The number of hydrazone groups is 1. The van der Waals surface area contributed by atoms with Gasteiger partial charge in [0.15, 0.2) is 5.69 Å². The quantitative estimate of drug-likeness (QED) is 0.299. The lowest BCUT2D eigenvalue weighted by atomic mass is 10.1. The van der Waals surface area contributed by atoms with Gasteiger partial charge in [0.1, 0.15) is 11.4 Å². The Bertz CT molecular complexity index is 1360. The zero-order valence-electron chi connectivity index (χ0n) is 18.0. The number of hydrogen-bond acceptors (Lipinski definition) is 9. The summed E-state index contributed by atoms with van der Waals surface area (Å²) in [5.74, 6) is -0.252. The van der Waals surface area contributed by atoms with Gasteiger partial charge in [-0.25, -0.2) is 10.1 Å². The Morgan fingerprint density at radius 3 is 2.66 bits per heavy atom. The highest BCUT2D eigenvalue weighted by molar-refractivity contribution is 5.98. The van der Waals surface area contributed by atoms with Crippen LogP contribution in [-0.2, 0) is 6.18 Å². The summed E-state index contributed by atoms with van der Waals surface area (Å²) in [6.07, 6.45) is -3.43. The number of carbonyl (C=O) groups excluding carboxylic acids is 1. The van der Waals surface area contributed by atoms with Crippen LogP contribution in [0.5, 0.6) is 5.75 Å². The van der Waals surface area contributed by atoms with Gasteiger partial charge in [0.25, 0.3) is 5.91 Å². The Morgan fingerprint density at radius 1 is 1.23 bits per heavy atom. The zero-order chi connectivity index (χ0) is 25.0. The number of amides is 1. The molecule has 0 aliphatic heterocycles. The van der Waals surface area contributed by atoms with Crippen LogP contribution in [0, 0.1) is 0 Å². The smallest absolute Gasteiger partial charge is 0.416 e. The Balaban J connectivity index is 1.64. The number of hydrogen-bond donors (Lipinski definition) is 2. The van der Waals surface area contributed by atoms with Crippen LogP contribution < -0.4 is 15.9 Å². The maximum atomic E-state index is 12.9. The van der Waals surface area contributed by atoms with Crippen molar-refractivity contribution in [3.63, 3.8) is 0 Å². The van der Waals surface area contributed by atoms with Crippen molar-refractivity contribution in [1.82, 2.24) is 30.7 Å². The molecule has 0 saturated heterocycles. The van der Waals surface area contributed by atoms with Gasteiger partial charge < -0.3 is 10.5 Å². The van der Waals surface area contributed by atoms with E-state index in [1.54, 1.807) is 24.3 Å². The van der Waals surface area contributed by atoms with Crippen molar-refractivity contribution in [2.75, 3.05) is 12.3 Å². The standard InChI is InChI=1S/C21H17F3N8O3/c1-2-34-15-8-6-13(7-9-15)17-16(27-31-32(17)19-18(25)29-35-30-19)20(33)28-26-11-12-4-3-5-14(10-12)21(22,23)24/h3-11H,2H2,1H3,(H2,25,29)(H,28,33)/b26-11+. The van der Waals surface area contributed by atoms with E-state index in [4.69, 9.17) is 10.5 Å². The van der Waals surface area contributed by atoms with Crippen molar-refractivity contribution in [3.8, 4) is 22.8 Å². The van der Waals surface area contributed by atoms with E-state index in [-0.39, 0.29) is 28.6 Å². The van der Waals surface area contributed by atoms with Crippen molar-refractivity contribution >= 4 is 17.9 Å². The van der Waals surface area contributed by atoms with Crippen molar-refractivity contribution in [1.29, 1.82) is 0 Å². The van der Waals surface area contributed by atoms with Crippen LogP contribution in [0.15, 0.2) is 58.3 Å². The second-order valence-corrected chi connectivity index (χ2v) is 6.95. The van der Waals surface area contributed by atoms with E-state index in [2.05, 4.69) is 35.8 Å². The van der Waals surface area contributed by atoms with Crippen LogP contribution in [0.1, 0.15) is 28.5 Å². The van der Waals surface area contributed by atoms with Crippen molar-refractivity contribution in [2.45, 2.75) is 13.1 Å². The van der Waals surface area contributed by atoms with E-state index in [1.807, 2.05) is 6.92 Å². The molecule has 0 aliphatic rings. The Labute approximate surface area is 195 Å². The number of aromatic nitrogens is 5. The maximum absolute atomic E-state index is 12.9. The first kappa shape index (κ1) is 23.4. The summed E-state index contributed by atoms with van der Waals surface area (Å²) < 4.78 is 49.9. The molecule has 35 heavy (non-hydrogen) atoms. The molecule has 3 N–H and O–H groups in total. The van der Waals surface area contributed by atoms with Crippen LogP contribution in [0.2, 0.25) is 0 Å². The van der Waals surface area contributed by atoms with Crippen molar-refractivity contribution in [2.24, 2.45) is 5.10 Å². The van der Waals surface area contributed by atoms with Crippen LogP contribution in [0.3, 0.4) is 0 Å². The molecule has 180 valence electrons. The monoisotopic (exact) mass is 486 g/mol. The number of rotatable bonds is 7. The van der Waals surface area contributed by atoms with Gasteiger partial charge in [-0.3, -0.25) is 4.79 Å². The molecule has 2 aromatic heterocycles. The number of nitrogen functional groups attached to an aromatic ring is 1. The Hall–Kier alpha value is -4.75. The fourth-order valence-corrected chi connectivity index (χ4v) is 3.07. The normalized spacial score (nSPS) is 11.7. The molecule has 14 heteroatoms. The Kier molecular flexibility index (Phi) is 6.44. The second kappa shape index (κ2) is 9.62.